The number of piperidine rings is 1. The molecule has 1 aromatic carbocycles. The first kappa shape index (κ1) is 19.2. The Labute approximate surface area is 169 Å². The Bertz CT molecular complexity index is 931. The van der Waals surface area contributed by atoms with Gasteiger partial charge in [0.1, 0.15) is 11.6 Å². The van der Waals surface area contributed by atoms with Gasteiger partial charge in [-0.3, -0.25) is 19.2 Å². The molecule has 2 fully saturated rings. The standard InChI is InChI=1S/C21H25N5O3/c1-15-8-11-22-26(15)16(2)18(27)24-12-9-21(10-13-24)19(28)25(20(29)23-21)14-17-6-4-3-5-7-17/h3-8,11,16H,9-10,12-14H2,1-2H3,(H,23,29). The van der Waals surface area contributed by atoms with E-state index < -0.39 is 11.6 Å². The van der Waals surface area contributed by atoms with E-state index in [1.54, 1.807) is 15.8 Å². The molecule has 1 N–H and O–H groups in total. The maximum atomic E-state index is 13.1. The van der Waals surface area contributed by atoms with E-state index in [9.17, 15) is 14.4 Å². The number of aromatic nitrogens is 2. The molecule has 29 heavy (non-hydrogen) atoms. The van der Waals surface area contributed by atoms with Gasteiger partial charge >= 0.3 is 6.03 Å². The van der Waals surface area contributed by atoms with Crippen molar-refractivity contribution in [3.63, 3.8) is 0 Å². The van der Waals surface area contributed by atoms with Crippen LogP contribution < -0.4 is 5.32 Å². The lowest BCUT2D eigenvalue weighted by Gasteiger charge is -2.38. The highest BCUT2D eigenvalue weighted by Gasteiger charge is 2.52. The van der Waals surface area contributed by atoms with Crippen molar-refractivity contribution in [2.75, 3.05) is 13.1 Å². The number of benzene rings is 1. The van der Waals surface area contributed by atoms with E-state index in [-0.39, 0.29) is 24.4 Å². The van der Waals surface area contributed by atoms with E-state index in [2.05, 4.69) is 10.4 Å². The van der Waals surface area contributed by atoms with E-state index in [4.69, 9.17) is 0 Å². The number of nitrogens with zero attached hydrogens (tertiary/aromatic N) is 4. The van der Waals surface area contributed by atoms with Gasteiger partial charge in [0.2, 0.25) is 5.91 Å². The molecule has 4 rings (SSSR count). The fourth-order valence-corrected chi connectivity index (χ4v) is 4.19. The van der Waals surface area contributed by atoms with E-state index in [1.807, 2.05) is 50.2 Å². The van der Waals surface area contributed by atoms with Gasteiger partial charge < -0.3 is 10.2 Å². The number of nitrogens with one attached hydrogen (secondary N) is 1. The first-order chi connectivity index (χ1) is 13.9. The summed E-state index contributed by atoms with van der Waals surface area (Å²) in [7, 11) is 0. The smallest absolute Gasteiger partial charge is 0.325 e. The van der Waals surface area contributed by atoms with Gasteiger partial charge in [0.25, 0.3) is 5.91 Å². The normalized spacial score (nSPS) is 19.5. The highest BCUT2D eigenvalue weighted by molar-refractivity contribution is 6.07. The number of carbonyl (C=O) groups excluding carboxylic acids is 3. The Morgan fingerprint density at radius 3 is 2.48 bits per heavy atom. The summed E-state index contributed by atoms with van der Waals surface area (Å²) in [6, 6.07) is 10.6. The second kappa shape index (κ2) is 7.35. The molecule has 2 aliphatic rings. The molecule has 3 heterocycles. The summed E-state index contributed by atoms with van der Waals surface area (Å²) in [4.78, 5) is 41.5. The Hall–Kier alpha value is -3.16. The van der Waals surface area contributed by atoms with Crippen LogP contribution in [0.25, 0.3) is 0 Å². The average molecular weight is 395 g/mol. The van der Waals surface area contributed by atoms with Gasteiger partial charge in [-0.25, -0.2) is 4.79 Å². The van der Waals surface area contributed by atoms with Crippen LogP contribution in [0.5, 0.6) is 0 Å². The topological polar surface area (TPSA) is 87.5 Å². The fourth-order valence-electron chi connectivity index (χ4n) is 4.19. The van der Waals surface area contributed by atoms with Crippen molar-refractivity contribution in [2.24, 2.45) is 0 Å². The average Bonchev–Trinajstić information content (AvgIpc) is 3.25. The summed E-state index contributed by atoms with van der Waals surface area (Å²) in [6.45, 7) is 4.85. The lowest BCUT2D eigenvalue weighted by atomic mass is 9.87. The highest BCUT2D eigenvalue weighted by Crippen LogP contribution is 2.31. The predicted molar refractivity (Wildman–Crippen MR) is 106 cm³/mol. The molecule has 2 aromatic rings. The predicted octanol–water partition coefficient (Wildman–Crippen LogP) is 1.87. The summed E-state index contributed by atoms with van der Waals surface area (Å²) < 4.78 is 1.71. The molecule has 152 valence electrons. The molecule has 0 aliphatic carbocycles. The lowest BCUT2D eigenvalue weighted by Crippen LogP contribution is -2.56. The number of hydrogen-bond acceptors (Lipinski definition) is 4. The number of aryl methyl sites for hydroxylation is 1. The molecule has 0 bridgehead atoms. The van der Waals surface area contributed by atoms with Gasteiger partial charge in [-0.2, -0.15) is 5.10 Å². The molecule has 8 nitrogen and oxygen atoms in total. The molecule has 1 atom stereocenters. The minimum absolute atomic E-state index is 0.0236. The Balaban J connectivity index is 1.42. The quantitative estimate of drug-likeness (QED) is 0.801. The zero-order valence-electron chi connectivity index (χ0n) is 16.7. The van der Waals surface area contributed by atoms with Gasteiger partial charge in [-0.15, -0.1) is 0 Å². The summed E-state index contributed by atoms with van der Waals surface area (Å²) in [5.74, 6) is -0.223. The summed E-state index contributed by atoms with van der Waals surface area (Å²) in [6.07, 6.45) is 2.51. The minimum atomic E-state index is -0.909. The van der Waals surface area contributed by atoms with Crippen LogP contribution in [0.1, 0.15) is 37.1 Å². The second-order valence-electron chi connectivity index (χ2n) is 7.81. The Morgan fingerprint density at radius 2 is 1.86 bits per heavy atom. The number of hydrogen-bond donors (Lipinski definition) is 1. The summed E-state index contributed by atoms with van der Waals surface area (Å²) in [5, 5.41) is 7.12. The number of carbonyl (C=O) groups is 3. The fraction of sp³-hybridized carbons (Fsp3) is 0.429. The van der Waals surface area contributed by atoms with E-state index in [1.165, 1.54) is 4.90 Å². The molecule has 1 unspecified atom stereocenters. The molecular weight excluding hydrogens is 370 g/mol. The van der Waals surface area contributed by atoms with Crippen LogP contribution >= 0.6 is 0 Å². The number of rotatable bonds is 4. The number of imide groups is 1. The van der Waals surface area contributed by atoms with Crippen molar-refractivity contribution in [2.45, 2.75) is 44.8 Å². The largest absolute Gasteiger partial charge is 0.341 e. The molecule has 4 amide bonds. The van der Waals surface area contributed by atoms with Crippen LogP contribution in [0.3, 0.4) is 0 Å². The minimum Gasteiger partial charge on any atom is -0.341 e. The summed E-state index contributed by atoms with van der Waals surface area (Å²) >= 11 is 0. The third kappa shape index (κ3) is 3.39. The zero-order chi connectivity index (χ0) is 20.6. The van der Waals surface area contributed by atoms with Crippen LogP contribution in [-0.2, 0) is 16.1 Å². The van der Waals surface area contributed by atoms with Crippen LogP contribution in [0.2, 0.25) is 0 Å². The van der Waals surface area contributed by atoms with Crippen LogP contribution in [0.15, 0.2) is 42.6 Å². The van der Waals surface area contributed by atoms with Crippen molar-refractivity contribution in [3.8, 4) is 0 Å². The Kier molecular flexibility index (Phi) is 4.86. The highest BCUT2D eigenvalue weighted by atomic mass is 16.2. The number of urea groups is 1. The van der Waals surface area contributed by atoms with Gasteiger partial charge in [0.15, 0.2) is 0 Å². The van der Waals surface area contributed by atoms with E-state index >= 15 is 0 Å². The molecule has 0 radical (unpaired) electrons. The van der Waals surface area contributed by atoms with Gasteiger partial charge in [-0.1, -0.05) is 30.3 Å². The molecule has 2 aliphatic heterocycles. The van der Waals surface area contributed by atoms with Gasteiger partial charge in [-0.05, 0) is 38.3 Å². The van der Waals surface area contributed by atoms with Crippen molar-refractivity contribution < 1.29 is 14.4 Å². The van der Waals surface area contributed by atoms with Gasteiger partial charge in [0.05, 0.1) is 6.54 Å². The van der Waals surface area contributed by atoms with Crippen molar-refractivity contribution in [1.82, 2.24) is 24.9 Å². The number of amides is 4. The van der Waals surface area contributed by atoms with Crippen molar-refractivity contribution in [1.29, 1.82) is 0 Å². The molecule has 1 aromatic heterocycles. The maximum Gasteiger partial charge on any atom is 0.325 e. The molecular formula is C21H25N5O3. The molecule has 8 heteroatoms. The Morgan fingerprint density at radius 1 is 1.17 bits per heavy atom. The second-order valence-corrected chi connectivity index (χ2v) is 7.81. The zero-order valence-corrected chi connectivity index (χ0v) is 16.7. The number of likely N-dealkylation sites (tertiary alicyclic amines) is 1. The van der Waals surface area contributed by atoms with Crippen molar-refractivity contribution in [3.05, 3.63) is 53.9 Å². The van der Waals surface area contributed by atoms with Gasteiger partial charge in [0, 0.05) is 25.0 Å². The monoisotopic (exact) mass is 395 g/mol. The summed E-state index contributed by atoms with van der Waals surface area (Å²) in [5.41, 5.74) is 0.922. The third-order valence-corrected chi connectivity index (χ3v) is 5.95. The van der Waals surface area contributed by atoms with E-state index in [0.717, 1.165) is 11.3 Å². The first-order valence-corrected chi connectivity index (χ1v) is 9.88. The van der Waals surface area contributed by atoms with Crippen LogP contribution in [-0.4, -0.2) is 56.1 Å². The third-order valence-electron chi connectivity index (χ3n) is 5.95. The maximum absolute atomic E-state index is 13.1. The molecule has 0 saturated carbocycles. The first-order valence-electron chi connectivity index (χ1n) is 9.88. The SMILES string of the molecule is Cc1ccnn1C(C)C(=O)N1CCC2(CC1)NC(=O)N(Cc1ccccc1)C2=O. The lowest BCUT2D eigenvalue weighted by molar-refractivity contribution is -0.140. The van der Waals surface area contributed by atoms with Crippen LogP contribution in [0, 0.1) is 6.92 Å². The van der Waals surface area contributed by atoms with Crippen LogP contribution in [0.4, 0.5) is 4.79 Å². The van der Waals surface area contributed by atoms with E-state index in [0.29, 0.717) is 25.9 Å². The molecule has 1 spiro atoms. The van der Waals surface area contributed by atoms with Crippen molar-refractivity contribution >= 4 is 17.8 Å². The molecule has 2 saturated heterocycles.